The fourth-order valence-electron chi connectivity index (χ4n) is 2.87. The maximum Gasteiger partial charge on any atom is 0.255 e. The summed E-state index contributed by atoms with van der Waals surface area (Å²) in [7, 11) is 0. The summed E-state index contributed by atoms with van der Waals surface area (Å²) in [5, 5.41) is 12.1. The van der Waals surface area contributed by atoms with Gasteiger partial charge in [0.15, 0.2) is 0 Å². The predicted molar refractivity (Wildman–Crippen MR) is 98.2 cm³/mol. The molecule has 7 heteroatoms. The highest BCUT2D eigenvalue weighted by atomic mass is 16.5. The van der Waals surface area contributed by atoms with Crippen molar-refractivity contribution >= 4 is 11.7 Å². The van der Waals surface area contributed by atoms with E-state index in [4.69, 9.17) is 9.84 Å². The summed E-state index contributed by atoms with van der Waals surface area (Å²) < 4.78 is 5.91. The van der Waals surface area contributed by atoms with E-state index in [0.717, 1.165) is 18.6 Å². The number of carbonyl (C=O) groups is 1. The number of carbonyl (C=O) groups excluding carboxylic acids is 1. The van der Waals surface area contributed by atoms with Crippen molar-refractivity contribution < 1.29 is 14.6 Å². The van der Waals surface area contributed by atoms with Gasteiger partial charge in [0.25, 0.3) is 5.91 Å². The summed E-state index contributed by atoms with van der Waals surface area (Å²) in [5.41, 5.74) is 0.568. The van der Waals surface area contributed by atoms with Crippen LogP contribution in [-0.2, 0) is 0 Å². The number of amides is 1. The number of rotatable bonds is 6. The predicted octanol–water partition coefficient (Wildman–Crippen LogP) is 1.95. The van der Waals surface area contributed by atoms with E-state index in [-0.39, 0.29) is 24.7 Å². The van der Waals surface area contributed by atoms with Crippen molar-refractivity contribution in [2.45, 2.75) is 31.9 Å². The third-order valence-electron chi connectivity index (χ3n) is 4.34. The number of aliphatic hydroxyl groups is 1. The highest BCUT2D eigenvalue weighted by molar-refractivity contribution is 5.94. The lowest BCUT2D eigenvalue weighted by molar-refractivity contribution is 0.0594. The molecule has 1 fully saturated rings. The maximum atomic E-state index is 12.6. The van der Waals surface area contributed by atoms with E-state index in [0.29, 0.717) is 24.5 Å². The van der Waals surface area contributed by atoms with Crippen LogP contribution in [0.2, 0.25) is 0 Å². The molecular weight excluding hydrogens is 332 g/mol. The van der Waals surface area contributed by atoms with E-state index in [9.17, 15) is 4.79 Å². The summed E-state index contributed by atoms with van der Waals surface area (Å²) in [5.74, 6) is 1.40. The average Bonchev–Trinajstić information content (AvgIpc) is 2.69. The third-order valence-corrected chi connectivity index (χ3v) is 4.34. The van der Waals surface area contributed by atoms with Crippen molar-refractivity contribution in [3.63, 3.8) is 0 Å². The van der Waals surface area contributed by atoms with E-state index in [2.05, 4.69) is 15.3 Å². The molecule has 0 radical (unpaired) electrons. The van der Waals surface area contributed by atoms with Gasteiger partial charge in [-0.1, -0.05) is 0 Å². The van der Waals surface area contributed by atoms with E-state index in [1.54, 1.807) is 30.7 Å². The molecule has 138 valence electrons. The number of nitrogens with zero attached hydrogens (tertiary/aromatic N) is 3. The number of anilines is 1. The second-order valence-electron chi connectivity index (χ2n) is 6.46. The van der Waals surface area contributed by atoms with Crippen LogP contribution in [0.5, 0.6) is 5.75 Å². The summed E-state index contributed by atoms with van der Waals surface area (Å²) in [6.07, 6.45) is 6.69. The molecule has 1 atom stereocenters. The van der Waals surface area contributed by atoms with Crippen molar-refractivity contribution in [1.29, 1.82) is 0 Å². The second-order valence-corrected chi connectivity index (χ2v) is 6.46. The number of nitrogens with one attached hydrogen (secondary N) is 1. The molecule has 1 aliphatic heterocycles. The number of ether oxygens (including phenoxy) is 1. The number of hydrogen-bond donors (Lipinski definition) is 2. The minimum atomic E-state index is -0.0807. The van der Waals surface area contributed by atoms with Crippen molar-refractivity contribution in [3.05, 3.63) is 48.4 Å². The standard InChI is InChI=1S/C19H24N4O3/c1-14(13-24)22-18-5-4-15(11-21-18)19(25)23-9-6-16(7-10-23)26-17-3-2-8-20-12-17/h2-5,8,11-12,14,16,24H,6-7,9-10,13H2,1H3,(H,21,22)/t14-/m1/s1. The summed E-state index contributed by atoms with van der Waals surface area (Å²) in [4.78, 5) is 22.8. The van der Waals surface area contributed by atoms with Crippen LogP contribution in [0.15, 0.2) is 42.9 Å². The first-order valence-electron chi connectivity index (χ1n) is 8.85. The number of aliphatic hydroxyl groups excluding tert-OH is 1. The summed E-state index contributed by atoms with van der Waals surface area (Å²) in [6, 6.07) is 7.19. The summed E-state index contributed by atoms with van der Waals surface area (Å²) >= 11 is 0. The molecular formula is C19H24N4O3. The maximum absolute atomic E-state index is 12.6. The van der Waals surface area contributed by atoms with Gasteiger partial charge in [0.2, 0.25) is 0 Å². The fourth-order valence-corrected chi connectivity index (χ4v) is 2.87. The molecule has 0 saturated carbocycles. The van der Waals surface area contributed by atoms with Gasteiger partial charge in [0.1, 0.15) is 17.7 Å². The lowest BCUT2D eigenvalue weighted by Gasteiger charge is -2.32. The number of aromatic nitrogens is 2. The van der Waals surface area contributed by atoms with Crippen LogP contribution < -0.4 is 10.1 Å². The molecule has 7 nitrogen and oxygen atoms in total. The van der Waals surface area contributed by atoms with Gasteiger partial charge in [-0.25, -0.2) is 4.98 Å². The van der Waals surface area contributed by atoms with Gasteiger partial charge >= 0.3 is 0 Å². The number of pyridine rings is 2. The molecule has 1 amide bonds. The Labute approximate surface area is 153 Å². The highest BCUT2D eigenvalue weighted by Gasteiger charge is 2.25. The molecule has 1 saturated heterocycles. The van der Waals surface area contributed by atoms with Crippen LogP contribution in [0.25, 0.3) is 0 Å². The molecule has 26 heavy (non-hydrogen) atoms. The molecule has 3 rings (SSSR count). The number of likely N-dealkylation sites (tertiary alicyclic amines) is 1. The van der Waals surface area contributed by atoms with Gasteiger partial charge in [-0.15, -0.1) is 0 Å². The Balaban J connectivity index is 1.51. The lowest BCUT2D eigenvalue weighted by atomic mass is 10.1. The van der Waals surface area contributed by atoms with Crippen LogP contribution in [-0.4, -0.2) is 57.7 Å². The zero-order chi connectivity index (χ0) is 18.4. The first-order valence-corrected chi connectivity index (χ1v) is 8.85. The first-order chi connectivity index (χ1) is 12.7. The third kappa shape index (κ3) is 4.70. The van der Waals surface area contributed by atoms with E-state index in [1.165, 1.54) is 0 Å². The van der Waals surface area contributed by atoms with Crippen LogP contribution in [0.1, 0.15) is 30.1 Å². The Morgan fingerprint density at radius 2 is 2.15 bits per heavy atom. The smallest absolute Gasteiger partial charge is 0.255 e. The van der Waals surface area contributed by atoms with E-state index < -0.39 is 0 Å². The topological polar surface area (TPSA) is 87.6 Å². The Morgan fingerprint density at radius 3 is 2.77 bits per heavy atom. The molecule has 0 unspecified atom stereocenters. The molecule has 0 aromatic carbocycles. The molecule has 0 aliphatic carbocycles. The highest BCUT2D eigenvalue weighted by Crippen LogP contribution is 2.19. The molecule has 2 aromatic rings. The van der Waals surface area contributed by atoms with Crippen LogP contribution in [0, 0.1) is 0 Å². The Hall–Kier alpha value is -2.67. The number of piperidine rings is 1. The van der Waals surface area contributed by atoms with Gasteiger partial charge in [0, 0.05) is 44.4 Å². The molecule has 2 N–H and O–H groups in total. The molecule has 0 spiro atoms. The van der Waals surface area contributed by atoms with Gasteiger partial charge in [-0.2, -0.15) is 0 Å². The zero-order valence-corrected chi connectivity index (χ0v) is 14.8. The van der Waals surface area contributed by atoms with Crippen molar-refractivity contribution in [2.75, 3.05) is 25.0 Å². The Morgan fingerprint density at radius 1 is 1.35 bits per heavy atom. The summed E-state index contributed by atoms with van der Waals surface area (Å²) in [6.45, 7) is 3.20. The lowest BCUT2D eigenvalue weighted by Crippen LogP contribution is -2.41. The molecule has 3 heterocycles. The van der Waals surface area contributed by atoms with E-state index >= 15 is 0 Å². The van der Waals surface area contributed by atoms with Crippen LogP contribution in [0.4, 0.5) is 5.82 Å². The zero-order valence-electron chi connectivity index (χ0n) is 14.8. The second kappa shape index (κ2) is 8.62. The first kappa shape index (κ1) is 18.1. The van der Waals surface area contributed by atoms with Gasteiger partial charge in [-0.05, 0) is 31.2 Å². The van der Waals surface area contributed by atoms with Gasteiger partial charge < -0.3 is 20.1 Å². The monoisotopic (exact) mass is 356 g/mol. The Bertz CT molecular complexity index is 700. The largest absolute Gasteiger partial charge is 0.489 e. The fraction of sp³-hybridized carbons (Fsp3) is 0.421. The SMILES string of the molecule is C[C@H](CO)Nc1ccc(C(=O)N2CCC(Oc3cccnc3)CC2)cn1. The molecule has 2 aromatic heterocycles. The van der Waals surface area contributed by atoms with Crippen molar-refractivity contribution in [2.24, 2.45) is 0 Å². The normalized spacial score (nSPS) is 16.2. The van der Waals surface area contributed by atoms with Gasteiger partial charge in [0.05, 0.1) is 18.4 Å². The minimum absolute atomic E-state index is 0.0147. The molecule has 0 bridgehead atoms. The number of hydrogen-bond acceptors (Lipinski definition) is 6. The minimum Gasteiger partial charge on any atom is -0.489 e. The average molecular weight is 356 g/mol. The van der Waals surface area contributed by atoms with E-state index in [1.807, 2.05) is 24.0 Å². The van der Waals surface area contributed by atoms with Gasteiger partial charge in [-0.3, -0.25) is 9.78 Å². The van der Waals surface area contributed by atoms with Crippen molar-refractivity contribution in [3.8, 4) is 5.75 Å². The van der Waals surface area contributed by atoms with Crippen LogP contribution >= 0.6 is 0 Å². The van der Waals surface area contributed by atoms with Crippen molar-refractivity contribution in [1.82, 2.24) is 14.9 Å². The Kier molecular flexibility index (Phi) is 6.01. The quantitative estimate of drug-likeness (QED) is 0.823. The molecule has 1 aliphatic rings. The van der Waals surface area contributed by atoms with Crippen LogP contribution in [0.3, 0.4) is 0 Å².